The molecule has 2 aromatic rings. The van der Waals surface area contributed by atoms with Crippen molar-refractivity contribution in [1.82, 2.24) is 5.32 Å². The molecule has 6 heteroatoms. The topological polar surface area (TPSA) is 84.5 Å². The minimum atomic E-state index is -0.504. The third-order valence-corrected chi connectivity index (χ3v) is 3.31. The molecule has 2 N–H and O–H groups in total. The maximum absolute atomic E-state index is 11.7. The molecule has 2 aromatic carbocycles. The number of rotatable bonds is 7. The van der Waals surface area contributed by atoms with Crippen LogP contribution in [0.1, 0.15) is 18.1 Å². The molecule has 0 fully saturated rings. The summed E-state index contributed by atoms with van der Waals surface area (Å²) in [6.07, 6.45) is 2.94. The summed E-state index contributed by atoms with van der Waals surface area (Å²) in [6.45, 7) is 1.41. The lowest BCUT2D eigenvalue weighted by molar-refractivity contribution is -0.144. The second kappa shape index (κ2) is 9.78. The fraction of sp³-hybridized carbons (Fsp3) is 0.150. The first-order valence-electron chi connectivity index (χ1n) is 8.06. The predicted molar refractivity (Wildman–Crippen MR) is 99.0 cm³/mol. The van der Waals surface area contributed by atoms with E-state index in [1.807, 2.05) is 30.3 Å². The van der Waals surface area contributed by atoms with E-state index >= 15 is 0 Å². The summed E-state index contributed by atoms with van der Waals surface area (Å²) in [5.74, 6) is -1.05. The quantitative estimate of drug-likeness (QED) is 0.592. The van der Waals surface area contributed by atoms with Gasteiger partial charge in [-0.3, -0.25) is 14.4 Å². The number of ether oxygens (including phenoxy) is 1. The zero-order valence-electron chi connectivity index (χ0n) is 14.4. The van der Waals surface area contributed by atoms with Crippen LogP contribution in [0.25, 0.3) is 6.08 Å². The van der Waals surface area contributed by atoms with Crippen molar-refractivity contribution in [3.05, 3.63) is 71.8 Å². The Balaban J connectivity index is 1.73. The normalized spacial score (nSPS) is 10.3. The Kier molecular flexibility index (Phi) is 7.12. The highest BCUT2D eigenvalue weighted by Crippen LogP contribution is 2.10. The highest BCUT2D eigenvalue weighted by atomic mass is 16.5. The van der Waals surface area contributed by atoms with E-state index < -0.39 is 11.9 Å². The van der Waals surface area contributed by atoms with E-state index in [9.17, 15) is 14.4 Å². The van der Waals surface area contributed by atoms with Crippen LogP contribution in [0.4, 0.5) is 5.69 Å². The first kappa shape index (κ1) is 18.9. The van der Waals surface area contributed by atoms with Gasteiger partial charge in [-0.05, 0) is 29.3 Å². The Labute approximate surface area is 151 Å². The van der Waals surface area contributed by atoms with Crippen molar-refractivity contribution in [1.29, 1.82) is 0 Å². The number of hydrogen-bond donors (Lipinski definition) is 2. The summed E-state index contributed by atoms with van der Waals surface area (Å²) in [6, 6.07) is 16.3. The van der Waals surface area contributed by atoms with Crippen molar-refractivity contribution in [2.24, 2.45) is 0 Å². The van der Waals surface area contributed by atoms with Gasteiger partial charge in [-0.1, -0.05) is 42.5 Å². The van der Waals surface area contributed by atoms with Crippen LogP contribution in [0.5, 0.6) is 0 Å². The van der Waals surface area contributed by atoms with Gasteiger partial charge in [-0.15, -0.1) is 0 Å². The molecular formula is C20H20N2O4. The molecule has 26 heavy (non-hydrogen) atoms. The molecule has 0 aliphatic carbocycles. The van der Waals surface area contributed by atoms with Gasteiger partial charge in [0.15, 0.2) is 0 Å². The lowest BCUT2D eigenvalue weighted by Crippen LogP contribution is -2.29. The van der Waals surface area contributed by atoms with Crippen molar-refractivity contribution < 1.29 is 19.1 Å². The van der Waals surface area contributed by atoms with Crippen LogP contribution in [-0.2, 0) is 25.7 Å². The molecule has 0 spiro atoms. The highest BCUT2D eigenvalue weighted by molar-refractivity contribution is 5.93. The van der Waals surface area contributed by atoms with Crippen LogP contribution < -0.4 is 10.6 Å². The molecule has 0 saturated carbocycles. The standard InChI is InChI=1S/C20H20N2O4/c1-15(23)22-18-10-7-16(8-11-18)9-12-19(24)21-13-20(25)26-14-17-5-3-2-4-6-17/h2-12H,13-14H2,1H3,(H,21,24)(H,22,23)/b12-9+. The van der Waals surface area contributed by atoms with Gasteiger partial charge in [-0.2, -0.15) is 0 Å². The van der Waals surface area contributed by atoms with Crippen LogP contribution >= 0.6 is 0 Å². The Morgan fingerprint density at radius 2 is 1.69 bits per heavy atom. The first-order valence-corrected chi connectivity index (χ1v) is 8.06. The monoisotopic (exact) mass is 352 g/mol. The van der Waals surface area contributed by atoms with E-state index in [-0.39, 0.29) is 19.1 Å². The molecule has 2 rings (SSSR count). The molecule has 0 bridgehead atoms. The van der Waals surface area contributed by atoms with E-state index in [0.29, 0.717) is 5.69 Å². The largest absolute Gasteiger partial charge is 0.460 e. The van der Waals surface area contributed by atoms with Crippen LogP contribution in [0.3, 0.4) is 0 Å². The van der Waals surface area contributed by atoms with Gasteiger partial charge in [0.25, 0.3) is 0 Å². The van der Waals surface area contributed by atoms with E-state index in [2.05, 4.69) is 10.6 Å². The van der Waals surface area contributed by atoms with Gasteiger partial charge in [0, 0.05) is 18.7 Å². The number of hydrogen-bond acceptors (Lipinski definition) is 4. The lowest BCUT2D eigenvalue weighted by Gasteiger charge is -2.05. The number of carbonyl (C=O) groups excluding carboxylic acids is 3. The summed E-state index contributed by atoms with van der Waals surface area (Å²) in [5.41, 5.74) is 2.36. The second-order valence-corrected chi connectivity index (χ2v) is 5.50. The zero-order valence-corrected chi connectivity index (χ0v) is 14.4. The summed E-state index contributed by atoms with van der Waals surface area (Å²) >= 11 is 0. The third-order valence-electron chi connectivity index (χ3n) is 3.31. The van der Waals surface area contributed by atoms with E-state index in [1.54, 1.807) is 30.3 Å². The molecular weight excluding hydrogens is 332 g/mol. The van der Waals surface area contributed by atoms with E-state index in [1.165, 1.54) is 13.0 Å². The maximum atomic E-state index is 11.7. The van der Waals surface area contributed by atoms with Gasteiger partial charge < -0.3 is 15.4 Å². The Morgan fingerprint density at radius 3 is 2.35 bits per heavy atom. The lowest BCUT2D eigenvalue weighted by atomic mass is 10.2. The summed E-state index contributed by atoms with van der Waals surface area (Å²) < 4.78 is 5.07. The van der Waals surface area contributed by atoms with Gasteiger partial charge in [0.05, 0.1) is 0 Å². The third kappa shape index (κ3) is 7.00. The number of anilines is 1. The first-order chi connectivity index (χ1) is 12.5. The maximum Gasteiger partial charge on any atom is 0.325 e. The molecule has 0 atom stereocenters. The van der Waals surface area contributed by atoms with Crippen molar-refractivity contribution in [3.8, 4) is 0 Å². The van der Waals surface area contributed by atoms with Crippen molar-refractivity contribution in [2.45, 2.75) is 13.5 Å². The van der Waals surface area contributed by atoms with Gasteiger partial charge in [0.1, 0.15) is 13.2 Å². The molecule has 0 unspecified atom stereocenters. The van der Waals surface area contributed by atoms with Gasteiger partial charge >= 0.3 is 5.97 Å². The highest BCUT2D eigenvalue weighted by Gasteiger charge is 2.05. The summed E-state index contributed by atoms with van der Waals surface area (Å²) in [5, 5.41) is 5.13. The number of esters is 1. The number of nitrogens with one attached hydrogen (secondary N) is 2. The fourth-order valence-electron chi connectivity index (χ4n) is 2.06. The van der Waals surface area contributed by atoms with Crippen molar-refractivity contribution >= 4 is 29.5 Å². The number of carbonyl (C=O) groups is 3. The molecule has 2 amide bonds. The van der Waals surface area contributed by atoms with E-state index in [0.717, 1.165) is 11.1 Å². The van der Waals surface area contributed by atoms with Gasteiger partial charge in [-0.25, -0.2) is 0 Å². The van der Waals surface area contributed by atoms with Crippen molar-refractivity contribution in [3.63, 3.8) is 0 Å². The second-order valence-electron chi connectivity index (χ2n) is 5.50. The predicted octanol–water partition coefficient (Wildman–Crippen LogP) is 2.52. The average Bonchev–Trinajstić information content (AvgIpc) is 2.64. The fourth-order valence-corrected chi connectivity index (χ4v) is 2.06. The molecule has 0 aliphatic heterocycles. The molecule has 0 radical (unpaired) electrons. The molecule has 6 nitrogen and oxygen atoms in total. The minimum Gasteiger partial charge on any atom is -0.460 e. The smallest absolute Gasteiger partial charge is 0.325 e. The summed E-state index contributed by atoms with van der Waals surface area (Å²) in [4.78, 5) is 34.3. The van der Waals surface area contributed by atoms with E-state index in [4.69, 9.17) is 4.74 Å². The minimum absolute atomic E-state index is 0.146. The molecule has 134 valence electrons. The number of amides is 2. The zero-order chi connectivity index (χ0) is 18.8. The molecule has 0 saturated heterocycles. The Morgan fingerprint density at radius 1 is 1.00 bits per heavy atom. The van der Waals surface area contributed by atoms with Crippen LogP contribution in [-0.4, -0.2) is 24.3 Å². The van der Waals surface area contributed by atoms with Crippen molar-refractivity contribution in [2.75, 3.05) is 11.9 Å². The van der Waals surface area contributed by atoms with Gasteiger partial charge in [0.2, 0.25) is 11.8 Å². The SMILES string of the molecule is CC(=O)Nc1ccc(/C=C/C(=O)NCC(=O)OCc2ccccc2)cc1. The molecule has 0 heterocycles. The average molecular weight is 352 g/mol. The summed E-state index contributed by atoms with van der Waals surface area (Å²) in [7, 11) is 0. The van der Waals surface area contributed by atoms with Crippen LogP contribution in [0, 0.1) is 0 Å². The molecule has 0 aromatic heterocycles. The Hall–Kier alpha value is -3.41. The van der Waals surface area contributed by atoms with Crippen LogP contribution in [0.2, 0.25) is 0 Å². The number of benzene rings is 2. The Bertz CT molecular complexity index is 783. The van der Waals surface area contributed by atoms with Crippen LogP contribution in [0.15, 0.2) is 60.7 Å². The molecule has 0 aliphatic rings.